The number of anilines is 6. The van der Waals surface area contributed by atoms with Gasteiger partial charge < -0.3 is 14.4 Å². The summed E-state index contributed by atoms with van der Waals surface area (Å²) in [5.41, 5.74) is 15.5. The van der Waals surface area contributed by atoms with E-state index in [1.165, 1.54) is 93.4 Å². The lowest BCUT2D eigenvalue weighted by Crippen LogP contribution is -2.13. The zero-order valence-electron chi connectivity index (χ0n) is 33.7. The molecule has 0 N–H and O–H groups in total. The molecule has 0 aliphatic carbocycles. The predicted molar refractivity (Wildman–Crippen MR) is 253 cm³/mol. The smallest absolute Gasteiger partial charge is 0.0542 e. The quantitative estimate of drug-likeness (QED) is 0.150. The van der Waals surface area contributed by atoms with Crippen LogP contribution in [0.15, 0.2) is 188 Å². The molecule has 0 spiro atoms. The summed E-state index contributed by atoms with van der Waals surface area (Å²) < 4.78 is 2.38. The van der Waals surface area contributed by atoms with Crippen molar-refractivity contribution in [3.8, 4) is 5.69 Å². The first-order valence-electron chi connectivity index (χ1n) is 20.5. The molecule has 1 heterocycles. The Labute approximate surface area is 345 Å². The Morgan fingerprint density at radius 3 is 1.61 bits per heavy atom. The van der Waals surface area contributed by atoms with Crippen LogP contribution in [-0.2, 0) is 0 Å². The van der Waals surface area contributed by atoms with Crippen molar-refractivity contribution in [1.82, 2.24) is 4.57 Å². The van der Waals surface area contributed by atoms with Crippen molar-refractivity contribution in [2.75, 3.05) is 9.80 Å². The van der Waals surface area contributed by atoms with Crippen LogP contribution in [0.3, 0.4) is 0 Å². The normalized spacial score (nSPS) is 11.7. The number of benzene rings is 10. The highest BCUT2D eigenvalue weighted by molar-refractivity contribution is 6.26. The minimum absolute atomic E-state index is 1.12. The van der Waals surface area contributed by atoms with Gasteiger partial charge in [0.15, 0.2) is 0 Å². The van der Waals surface area contributed by atoms with Gasteiger partial charge in [0.25, 0.3) is 0 Å². The lowest BCUT2D eigenvalue weighted by molar-refractivity contribution is 1.18. The Kier molecular flexibility index (Phi) is 8.06. The molecule has 282 valence electrons. The molecule has 0 aliphatic rings. The standard InChI is InChI=1S/C56H43N3/c1-36-19-27-50(38(3)31-36)59(51-28-20-37(2)32-39(51)4)53-29-24-40-21-22-41-33-46(34-42-23-26-48(53)56(40)55(41)42)57(43-13-7-5-8-14-43)45-25-30-54-49(35-45)47-17-11-12-18-52(47)58(54)44-15-9-6-10-16-44/h5-35H,1-4H3. The van der Waals surface area contributed by atoms with Gasteiger partial charge in [-0.15, -0.1) is 0 Å². The second-order valence-electron chi connectivity index (χ2n) is 16.1. The highest BCUT2D eigenvalue weighted by atomic mass is 15.2. The van der Waals surface area contributed by atoms with Crippen molar-refractivity contribution in [2.24, 2.45) is 0 Å². The fourth-order valence-electron chi connectivity index (χ4n) is 9.59. The van der Waals surface area contributed by atoms with E-state index >= 15 is 0 Å². The maximum Gasteiger partial charge on any atom is 0.0542 e. The first-order valence-corrected chi connectivity index (χ1v) is 20.5. The largest absolute Gasteiger partial charge is 0.310 e. The molecule has 0 saturated carbocycles. The Morgan fingerprint density at radius 1 is 0.339 bits per heavy atom. The fraction of sp³-hybridized carbons (Fsp3) is 0.0714. The minimum atomic E-state index is 1.12. The average Bonchev–Trinajstić information content (AvgIpc) is 3.59. The second kappa shape index (κ2) is 13.6. The number of rotatable bonds is 7. The van der Waals surface area contributed by atoms with Crippen LogP contribution in [-0.4, -0.2) is 4.57 Å². The lowest BCUT2D eigenvalue weighted by atomic mass is 9.92. The number of fused-ring (bicyclic) bond motifs is 3. The Balaban J connectivity index is 1.12. The SMILES string of the molecule is Cc1ccc(N(c2ccc(C)cc2C)c2ccc3ccc4cc(N(c5ccccc5)c5ccc6c(c5)c5ccccc5n6-c5ccccc5)cc5ccc2c3c45)c(C)c1. The average molecular weight is 758 g/mol. The number of para-hydroxylation sites is 3. The molecule has 0 aliphatic heterocycles. The van der Waals surface area contributed by atoms with Gasteiger partial charge in [0.1, 0.15) is 0 Å². The first kappa shape index (κ1) is 34.9. The zero-order chi connectivity index (χ0) is 39.8. The molecule has 0 bridgehead atoms. The van der Waals surface area contributed by atoms with Crippen LogP contribution in [0.25, 0.3) is 59.8 Å². The third kappa shape index (κ3) is 5.65. The highest BCUT2D eigenvalue weighted by Crippen LogP contribution is 2.48. The van der Waals surface area contributed by atoms with Gasteiger partial charge in [0.05, 0.1) is 16.7 Å². The van der Waals surface area contributed by atoms with Gasteiger partial charge in [0.2, 0.25) is 0 Å². The third-order valence-corrected chi connectivity index (χ3v) is 12.2. The third-order valence-electron chi connectivity index (χ3n) is 12.2. The van der Waals surface area contributed by atoms with E-state index in [0.717, 1.165) is 22.7 Å². The summed E-state index contributed by atoms with van der Waals surface area (Å²) >= 11 is 0. The van der Waals surface area contributed by atoms with Gasteiger partial charge in [0, 0.05) is 50.3 Å². The van der Waals surface area contributed by atoms with Crippen LogP contribution >= 0.6 is 0 Å². The first-order chi connectivity index (χ1) is 28.9. The van der Waals surface area contributed by atoms with E-state index in [1.807, 2.05) is 0 Å². The Morgan fingerprint density at radius 2 is 0.915 bits per heavy atom. The van der Waals surface area contributed by atoms with Crippen LogP contribution < -0.4 is 9.80 Å². The van der Waals surface area contributed by atoms with Gasteiger partial charge >= 0.3 is 0 Å². The van der Waals surface area contributed by atoms with Gasteiger partial charge in [-0.2, -0.15) is 0 Å². The molecule has 0 fully saturated rings. The number of hydrogen-bond donors (Lipinski definition) is 0. The molecule has 0 radical (unpaired) electrons. The minimum Gasteiger partial charge on any atom is -0.310 e. The molecule has 0 atom stereocenters. The van der Waals surface area contributed by atoms with Crippen molar-refractivity contribution in [3.05, 3.63) is 210 Å². The lowest BCUT2D eigenvalue weighted by Gasteiger charge is -2.31. The van der Waals surface area contributed by atoms with Crippen molar-refractivity contribution in [2.45, 2.75) is 27.7 Å². The summed E-state index contributed by atoms with van der Waals surface area (Å²) in [5, 5.41) is 9.99. The van der Waals surface area contributed by atoms with Crippen molar-refractivity contribution in [3.63, 3.8) is 0 Å². The molecule has 59 heavy (non-hydrogen) atoms. The van der Waals surface area contributed by atoms with E-state index in [9.17, 15) is 0 Å². The molecule has 3 nitrogen and oxygen atoms in total. The van der Waals surface area contributed by atoms with Crippen molar-refractivity contribution < 1.29 is 0 Å². The zero-order valence-corrected chi connectivity index (χ0v) is 33.7. The van der Waals surface area contributed by atoms with Crippen molar-refractivity contribution >= 4 is 88.2 Å². The van der Waals surface area contributed by atoms with Gasteiger partial charge in [-0.25, -0.2) is 0 Å². The maximum absolute atomic E-state index is 2.48. The molecule has 1 aromatic heterocycles. The fourth-order valence-corrected chi connectivity index (χ4v) is 9.59. The van der Waals surface area contributed by atoms with E-state index in [2.05, 4.69) is 230 Å². The monoisotopic (exact) mass is 757 g/mol. The summed E-state index contributed by atoms with van der Waals surface area (Å²) in [6.45, 7) is 8.80. The highest BCUT2D eigenvalue weighted by Gasteiger charge is 2.23. The van der Waals surface area contributed by atoms with Gasteiger partial charge in [-0.3, -0.25) is 0 Å². The van der Waals surface area contributed by atoms with Crippen molar-refractivity contribution in [1.29, 1.82) is 0 Å². The Bertz CT molecular complexity index is 3310. The number of hydrogen-bond acceptors (Lipinski definition) is 2. The van der Waals surface area contributed by atoms with E-state index in [0.29, 0.717) is 0 Å². The van der Waals surface area contributed by atoms with Crippen LogP contribution in [0.4, 0.5) is 34.1 Å². The van der Waals surface area contributed by atoms with Crippen LogP contribution in [0.2, 0.25) is 0 Å². The molecule has 0 unspecified atom stereocenters. The molecule has 3 heteroatoms. The number of nitrogens with zero attached hydrogens (tertiary/aromatic N) is 3. The summed E-state index contributed by atoms with van der Waals surface area (Å²) in [5.74, 6) is 0. The molecule has 10 aromatic carbocycles. The van der Waals surface area contributed by atoms with Gasteiger partial charge in [-0.05, 0) is 145 Å². The summed E-state index contributed by atoms with van der Waals surface area (Å²) in [6.07, 6.45) is 0. The summed E-state index contributed by atoms with van der Waals surface area (Å²) in [4.78, 5) is 4.89. The van der Waals surface area contributed by atoms with Crippen LogP contribution in [0, 0.1) is 27.7 Å². The molecule has 0 saturated heterocycles. The second-order valence-corrected chi connectivity index (χ2v) is 16.1. The van der Waals surface area contributed by atoms with Crippen LogP contribution in [0.5, 0.6) is 0 Å². The van der Waals surface area contributed by atoms with E-state index in [-0.39, 0.29) is 0 Å². The number of aromatic nitrogens is 1. The van der Waals surface area contributed by atoms with Gasteiger partial charge in [-0.1, -0.05) is 120 Å². The Hall–Kier alpha value is -7.36. The summed E-state index contributed by atoms with van der Waals surface area (Å²) in [7, 11) is 0. The van der Waals surface area contributed by atoms with E-state index in [1.54, 1.807) is 0 Å². The predicted octanol–water partition coefficient (Wildman–Crippen LogP) is 15.9. The van der Waals surface area contributed by atoms with E-state index < -0.39 is 0 Å². The molecular formula is C56H43N3. The number of aryl methyl sites for hydroxylation is 4. The molecule has 11 rings (SSSR count). The topological polar surface area (TPSA) is 11.4 Å². The molecule has 11 aromatic rings. The van der Waals surface area contributed by atoms with E-state index in [4.69, 9.17) is 0 Å². The summed E-state index contributed by atoms with van der Waals surface area (Å²) in [6, 6.07) is 69.4. The molecule has 0 amide bonds. The molecular weight excluding hydrogens is 715 g/mol. The maximum atomic E-state index is 2.48. The van der Waals surface area contributed by atoms with Crippen LogP contribution in [0.1, 0.15) is 22.3 Å².